The zero-order valence-corrected chi connectivity index (χ0v) is 14.3. The first-order chi connectivity index (χ1) is 10.2. The number of benzene rings is 3. The molecule has 3 heteroatoms. The Bertz CT molecular complexity index is 779. The topological polar surface area (TPSA) is 0 Å². The predicted molar refractivity (Wildman–Crippen MR) is 93.8 cm³/mol. The molecule has 1 aliphatic rings. The van der Waals surface area contributed by atoms with Crippen molar-refractivity contribution >= 4 is 47.0 Å². The molecule has 0 aromatic heterocycles. The number of rotatable bonds is 1. The molecular formula is C18H12Cl2Se. The number of hydrogen-bond donors (Lipinski definition) is 0. The predicted octanol–water partition coefficient (Wildman–Crippen LogP) is 3.53. The van der Waals surface area contributed by atoms with Gasteiger partial charge in [-0.25, -0.2) is 0 Å². The van der Waals surface area contributed by atoms with Crippen molar-refractivity contribution in [3.8, 4) is 11.1 Å². The van der Waals surface area contributed by atoms with Crippen molar-refractivity contribution in [2.45, 2.75) is 0 Å². The summed E-state index contributed by atoms with van der Waals surface area (Å²) in [5.74, 6) is 0. The van der Waals surface area contributed by atoms with Crippen LogP contribution in [0.25, 0.3) is 11.1 Å². The second-order valence-electron chi connectivity index (χ2n) is 4.98. The van der Waals surface area contributed by atoms with Crippen molar-refractivity contribution in [1.29, 1.82) is 0 Å². The van der Waals surface area contributed by atoms with Crippen molar-refractivity contribution < 1.29 is 0 Å². The molecule has 21 heavy (non-hydrogen) atoms. The van der Waals surface area contributed by atoms with E-state index in [-0.39, 0.29) is 0 Å². The summed E-state index contributed by atoms with van der Waals surface area (Å²) in [5, 5.41) is 0.746. The fourth-order valence-electron chi connectivity index (χ4n) is 2.86. The average Bonchev–Trinajstić information content (AvgIpc) is 2.80. The van der Waals surface area contributed by atoms with Gasteiger partial charge < -0.3 is 0 Å². The van der Waals surface area contributed by atoms with Gasteiger partial charge in [-0.15, -0.1) is 0 Å². The average molecular weight is 378 g/mol. The Morgan fingerprint density at radius 3 is 1.62 bits per heavy atom. The van der Waals surface area contributed by atoms with Crippen LogP contribution < -0.4 is 13.4 Å². The van der Waals surface area contributed by atoms with Crippen molar-refractivity contribution in [3.05, 3.63) is 77.8 Å². The van der Waals surface area contributed by atoms with E-state index in [0.29, 0.717) is 0 Å². The second kappa shape index (κ2) is 4.90. The Balaban J connectivity index is 2.06. The SMILES string of the molecule is Clc1ccc([Se]2(Cl)c3ccccc3-c3ccccc32)cc1. The minimum absolute atomic E-state index is 0.746. The molecule has 0 saturated carbocycles. The van der Waals surface area contributed by atoms with Gasteiger partial charge in [-0.3, -0.25) is 0 Å². The fraction of sp³-hybridized carbons (Fsp3) is 0. The molecule has 1 heterocycles. The quantitative estimate of drug-likeness (QED) is 0.569. The molecule has 0 unspecified atom stereocenters. The molecule has 3 aromatic carbocycles. The first-order valence-electron chi connectivity index (χ1n) is 6.68. The molecule has 0 saturated heterocycles. The van der Waals surface area contributed by atoms with E-state index in [2.05, 4.69) is 60.7 Å². The van der Waals surface area contributed by atoms with Crippen LogP contribution in [0, 0.1) is 0 Å². The number of hydrogen-bond acceptors (Lipinski definition) is 0. The van der Waals surface area contributed by atoms with Crippen LogP contribution in [-0.2, 0) is 0 Å². The third-order valence-electron chi connectivity index (χ3n) is 3.81. The fourth-order valence-corrected chi connectivity index (χ4v) is 10.7. The standard InChI is InChI=1S/C18H12Cl2Se/c19-13-9-11-14(12-10-13)21(20)17-7-3-1-5-15(17)16-6-2-4-8-18(16)21/h1-12H. The van der Waals surface area contributed by atoms with Crippen molar-refractivity contribution in [1.82, 2.24) is 0 Å². The first kappa shape index (κ1) is 13.4. The second-order valence-corrected chi connectivity index (χ2v) is 12.9. The molecule has 0 amide bonds. The molecule has 104 valence electrons. The van der Waals surface area contributed by atoms with Crippen LogP contribution >= 0.6 is 21.7 Å². The number of halogens is 2. The molecule has 4 rings (SSSR count). The zero-order chi connectivity index (χ0) is 14.4. The Labute approximate surface area is 135 Å². The molecule has 0 aliphatic carbocycles. The minimum atomic E-state index is -2.63. The summed E-state index contributed by atoms with van der Waals surface area (Å²) < 4.78 is 3.78. The Kier molecular flexibility index (Phi) is 3.13. The Hall–Kier alpha value is -1.24. The van der Waals surface area contributed by atoms with Crippen LogP contribution in [0.5, 0.6) is 0 Å². The van der Waals surface area contributed by atoms with E-state index in [0.717, 1.165) is 5.02 Å². The molecule has 0 spiro atoms. The van der Waals surface area contributed by atoms with Gasteiger partial charge in [0.2, 0.25) is 0 Å². The molecule has 3 aromatic rings. The zero-order valence-electron chi connectivity index (χ0n) is 11.1. The Morgan fingerprint density at radius 2 is 1.10 bits per heavy atom. The van der Waals surface area contributed by atoms with Gasteiger partial charge in [0, 0.05) is 0 Å². The normalized spacial score (nSPS) is 16.1. The van der Waals surface area contributed by atoms with E-state index >= 15 is 0 Å². The first-order valence-corrected chi connectivity index (χ1v) is 11.9. The maximum atomic E-state index is 7.32. The Morgan fingerprint density at radius 1 is 0.619 bits per heavy atom. The molecule has 0 radical (unpaired) electrons. The van der Waals surface area contributed by atoms with Crippen LogP contribution in [-0.4, -0.2) is 11.9 Å². The van der Waals surface area contributed by atoms with Crippen molar-refractivity contribution in [2.75, 3.05) is 0 Å². The summed E-state index contributed by atoms with van der Waals surface area (Å²) in [6.45, 7) is 0. The summed E-state index contributed by atoms with van der Waals surface area (Å²) in [4.78, 5) is 0. The van der Waals surface area contributed by atoms with Gasteiger partial charge >= 0.3 is 136 Å². The van der Waals surface area contributed by atoms with Crippen LogP contribution in [0.2, 0.25) is 5.02 Å². The molecule has 0 N–H and O–H groups in total. The molecule has 0 atom stereocenters. The van der Waals surface area contributed by atoms with E-state index in [9.17, 15) is 0 Å². The van der Waals surface area contributed by atoms with E-state index in [1.165, 1.54) is 24.5 Å². The summed E-state index contributed by atoms with van der Waals surface area (Å²) in [5.41, 5.74) is 2.55. The third-order valence-corrected chi connectivity index (χ3v) is 12.7. The summed E-state index contributed by atoms with van der Waals surface area (Å²) in [6.07, 6.45) is 0. The summed E-state index contributed by atoms with van der Waals surface area (Å²) in [6, 6.07) is 25.0. The van der Waals surface area contributed by atoms with Crippen LogP contribution in [0.4, 0.5) is 0 Å². The van der Waals surface area contributed by atoms with Gasteiger partial charge in [0.15, 0.2) is 0 Å². The van der Waals surface area contributed by atoms with E-state index in [4.69, 9.17) is 21.7 Å². The van der Waals surface area contributed by atoms with Gasteiger partial charge in [0.1, 0.15) is 0 Å². The van der Waals surface area contributed by atoms with Crippen LogP contribution in [0.1, 0.15) is 0 Å². The van der Waals surface area contributed by atoms with E-state index < -0.39 is 11.9 Å². The van der Waals surface area contributed by atoms with Crippen molar-refractivity contribution in [3.63, 3.8) is 0 Å². The molecular weight excluding hydrogens is 366 g/mol. The van der Waals surface area contributed by atoms with Gasteiger partial charge in [-0.2, -0.15) is 0 Å². The molecule has 0 bridgehead atoms. The van der Waals surface area contributed by atoms with E-state index in [1.54, 1.807) is 0 Å². The molecule has 0 nitrogen and oxygen atoms in total. The summed E-state index contributed by atoms with van der Waals surface area (Å²) in [7, 11) is 7.32. The summed E-state index contributed by atoms with van der Waals surface area (Å²) >= 11 is 3.40. The van der Waals surface area contributed by atoms with Crippen molar-refractivity contribution in [2.24, 2.45) is 0 Å². The monoisotopic (exact) mass is 378 g/mol. The molecule has 0 fully saturated rings. The van der Waals surface area contributed by atoms with Crippen LogP contribution in [0.3, 0.4) is 0 Å². The third kappa shape index (κ3) is 1.89. The van der Waals surface area contributed by atoms with Gasteiger partial charge in [-0.05, 0) is 0 Å². The van der Waals surface area contributed by atoms with Gasteiger partial charge in [-0.1, -0.05) is 0 Å². The van der Waals surface area contributed by atoms with Gasteiger partial charge in [0.05, 0.1) is 0 Å². The van der Waals surface area contributed by atoms with E-state index in [1.807, 2.05) is 12.1 Å². The number of fused-ring (bicyclic) bond motifs is 3. The molecule has 1 aliphatic heterocycles. The van der Waals surface area contributed by atoms with Gasteiger partial charge in [0.25, 0.3) is 0 Å². The van der Waals surface area contributed by atoms with Crippen LogP contribution in [0.15, 0.2) is 72.8 Å². The maximum absolute atomic E-state index is 7.32.